The lowest BCUT2D eigenvalue weighted by Crippen LogP contribution is -2.14. The number of allylic oxidation sites excluding steroid dienone is 4. The van der Waals surface area contributed by atoms with E-state index in [1.807, 2.05) is 0 Å². The Morgan fingerprint density at radius 2 is 2.21 bits per heavy atom. The van der Waals surface area contributed by atoms with E-state index in [2.05, 4.69) is 36.5 Å². The van der Waals surface area contributed by atoms with Gasteiger partial charge in [0.1, 0.15) is 0 Å². The average Bonchev–Trinajstić information content (AvgIpc) is 2.47. The molecule has 0 bridgehead atoms. The zero-order valence-corrected chi connectivity index (χ0v) is 8.92. The summed E-state index contributed by atoms with van der Waals surface area (Å²) in [6, 6.07) is 0. The summed E-state index contributed by atoms with van der Waals surface area (Å²) in [5.41, 5.74) is 3.00. The third kappa shape index (κ3) is 2.36. The molecule has 76 valence electrons. The van der Waals surface area contributed by atoms with Crippen molar-refractivity contribution in [3.63, 3.8) is 0 Å². The second-order valence-electron chi connectivity index (χ2n) is 4.25. The number of hydrogen-bond acceptors (Lipinski definition) is 1. The van der Waals surface area contributed by atoms with E-state index >= 15 is 0 Å². The molecule has 0 amide bonds. The van der Waals surface area contributed by atoms with Crippen LogP contribution in [0.25, 0.3) is 0 Å². The predicted molar refractivity (Wildman–Crippen MR) is 61.2 cm³/mol. The molecule has 1 atom stereocenters. The van der Waals surface area contributed by atoms with Crippen LogP contribution in [0, 0.1) is 5.92 Å². The molecule has 0 fully saturated rings. The monoisotopic (exact) mass is 189 g/mol. The van der Waals surface area contributed by atoms with Crippen LogP contribution in [-0.2, 0) is 0 Å². The van der Waals surface area contributed by atoms with Gasteiger partial charge in [0.2, 0.25) is 0 Å². The first-order valence-corrected chi connectivity index (χ1v) is 5.65. The molecule has 2 rings (SSSR count). The molecule has 0 saturated heterocycles. The molecule has 1 unspecified atom stereocenters. The molecule has 0 radical (unpaired) electrons. The maximum absolute atomic E-state index is 3.42. The van der Waals surface area contributed by atoms with Crippen molar-refractivity contribution in [1.29, 1.82) is 0 Å². The molecular weight excluding hydrogens is 170 g/mol. The Morgan fingerprint density at radius 1 is 1.29 bits per heavy atom. The molecular formula is C13H19N. The molecule has 2 aliphatic rings. The molecule has 1 heteroatoms. The van der Waals surface area contributed by atoms with Gasteiger partial charge in [-0.1, -0.05) is 31.2 Å². The van der Waals surface area contributed by atoms with Gasteiger partial charge < -0.3 is 5.32 Å². The summed E-state index contributed by atoms with van der Waals surface area (Å²) in [5, 5.41) is 3.42. The molecule has 1 aliphatic heterocycles. The smallest absolute Gasteiger partial charge is 0.000813 e. The van der Waals surface area contributed by atoms with Crippen molar-refractivity contribution in [2.45, 2.75) is 26.2 Å². The highest BCUT2D eigenvalue weighted by Crippen LogP contribution is 2.24. The zero-order chi connectivity index (χ0) is 9.80. The molecule has 0 saturated carbocycles. The van der Waals surface area contributed by atoms with Gasteiger partial charge in [-0.3, -0.25) is 0 Å². The first-order chi connectivity index (χ1) is 6.86. The number of hydrogen-bond donors (Lipinski definition) is 1. The van der Waals surface area contributed by atoms with E-state index < -0.39 is 0 Å². The predicted octanol–water partition coefficient (Wildman–Crippen LogP) is 2.82. The van der Waals surface area contributed by atoms with Crippen molar-refractivity contribution < 1.29 is 0 Å². The first kappa shape index (κ1) is 9.72. The van der Waals surface area contributed by atoms with Gasteiger partial charge in [-0.2, -0.15) is 0 Å². The van der Waals surface area contributed by atoms with Crippen molar-refractivity contribution in [2.75, 3.05) is 13.1 Å². The summed E-state index contributed by atoms with van der Waals surface area (Å²) < 4.78 is 0. The summed E-state index contributed by atoms with van der Waals surface area (Å²) in [6.07, 6.45) is 13.0. The fourth-order valence-corrected chi connectivity index (χ4v) is 2.03. The second kappa shape index (κ2) is 4.61. The van der Waals surface area contributed by atoms with Gasteiger partial charge in [-0.15, -0.1) is 0 Å². The van der Waals surface area contributed by atoms with Gasteiger partial charge in [-0.05, 0) is 49.4 Å². The number of nitrogens with one attached hydrogen (secondary N) is 1. The molecule has 1 nitrogen and oxygen atoms in total. The van der Waals surface area contributed by atoms with E-state index in [1.54, 1.807) is 0 Å². The molecule has 1 heterocycles. The van der Waals surface area contributed by atoms with Crippen LogP contribution in [-0.4, -0.2) is 13.1 Å². The van der Waals surface area contributed by atoms with E-state index in [0.29, 0.717) is 0 Å². The van der Waals surface area contributed by atoms with Crippen LogP contribution in [0.15, 0.2) is 35.5 Å². The lowest BCUT2D eigenvalue weighted by Gasteiger charge is -2.13. The van der Waals surface area contributed by atoms with Crippen LogP contribution >= 0.6 is 0 Å². The lowest BCUT2D eigenvalue weighted by atomic mass is 9.92. The third-order valence-electron chi connectivity index (χ3n) is 2.97. The maximum atomic E-state index is 3.42. The maximum Gasteiger partial charge on any atom is -0.000813 e. The van der Waals surface area contributed by atoms with Gasteiger partial charge in [0.25, 0.3) is 0 Å². The molecule has 1 N–H and O–H groups in total. The van der Waals surface area contributed by atoms with Crippen LogP contribution in [0.5, 0.6) is 0 Å². The lowest BCUT2D eigenvalue weighted by molar-refractivity contribution is 0.708. The zero-order valence-electron chi connectivity index (χ0n) is 8.92. The highest BCUT2D eigenvalue weighted by Gasteiger charge is 2.09. The van der Waals surface area contributed by atoms with Crippen LogP contribution in [0.3, 0.4) is 0 Å². The highest BCUT2D eigenvalue weighted by molar-refractivity contribution is 5.42. The van der Waals surface area contributed by atoms with Crippen LogP contribution in [0.2, 0.25) is 0 Å². The number of rotatable bonds is 1. The molecule has 0 aromatic heterocycles. The van der Waals surface area contributed by atoms with E-state index in [-0.39, 0.29) is 0 Å². The first-order valence-electron chi connectivity index (χ1n) is 5.65. The normalized spacial score (nSPS) is 27.9. The van der Waals surface area contributed by atoms with Crippen molar-refractivity contribution >= 4 is 0 Å². The fourth-order valence-electron chi connectivity index (χ4n) is 2.03. The quantitative estimate of drug-likeness (QED) is 0.669. The minimum atomic E-state index is 0.725. The van der Waals surface area contributed by atoms with E-state index in [9.17, 15) is 0 Å². The van der Waals surface area contributed by atoms with Gasteiger partial charge in [-0.25, -0.2) is 0 Å². The summed E-state index contributed by atoms with van der Waals surface area (Å²) in [5.74, 6) is 0.725. The Kier molecular flexibility index (Phi) is 3.20. The van der Waals surface area contributed by atoms with Crippen LogP contribution < -0.4 is 5.32 Å². The average molecular weight is 189 g/mol. The van der Waals surface area contributed by atoms with Gasteiger partial charge in [0.15, 0.2) is 0 Å². The molecule has 14 heavy (non-hydrogen) atoms. The van der Waals surface area contributed by atoms with Crippen molar-refractivity contribution in [1.82, 2.24) is 5.32 Å². The summed E-state index contributed by atoms with van der Waals surface area (Å²) in [6.45, 7) is 4.54. The SMILES string of the molecule is CC1C=CC(C2=CCCNCC2)=CC1. The summed E-state index contributed by atoms with van der Waals surface area (Å²) in [4.78, 5) is 0. The van der Waals surface area contributed by atoms with Gasteiger partial charge in [0.05, 0.1) is 0 Å². The van der Waals surface area contributed by atoms with Crippen molar-refractivity contribution in [2.24, 2.45) is 5.92 Å². The third-order valence-corrected chi connectivity index (χ3v) is 2.97. The topological polar surface area (TPSA) is 12.0 Å². The van der Waals surface area contributed by atoms with Crippen molar-refractivity contribution in [3.8, 4) is 0 Å². The summed E-state index contributed by atoms with van der Waals surface area (Å²) >= 11 is 0. The van der Waals surface area contributed by atoms with E-state index in [1.165, 1.54) is 30.4 Å². The highest BCUT2D eigenvalue weighted by atomic mass is 14.8. The van der Waals surface area contributed by atoms with Crippen LogP contribution in [0.1, 0.15) is 26.2 Å². The second-order valence-corrected chi connectivity index (χ2v) is 4.25. The van der Waals surface area contributed by atoms with E-state index in [4.69, 9.17) is 0 Å². The van der Waals surface area contributed by atoms with Crippen LogP contribution in [0.4, 0.5) is 0 Å². The minimum Gasteiger partial charge on any atom is -0.316 e. The molecule has 0 aromatic carbocycles. The summed E-state index contributed by atoms with van der Waals surface area (Å²) in [7, 11) is 0. The Morgan fingerprint density at radius 3 is 3.00 bits per heavy atom. The Balaban J connectivity index is 2.07. The molecule has 0 aromatic rings. The van der Waals surface area contributed by atoms with Crippen molar-refractivity contribution in [3.05, 3.63) is 35.5 Å². The standard InChI is InChI=1S/C13H19N/c1-11-4-6-13(7-5-11)12-3-2-9-14-10-8-12/h3-4,6-7,11,14H,2,5,8-10H2,1H3. The van der Waals surface area contributed by atoms with Gasteiger partial charge >= 0.3 is 0 Å². The Hall–Kier alpha value is -0.820. The molecule has 0 spiro atoms. The minimum absolute atomic E-state index is 0.725. The fraction of sp³-hybridized carbons (Fsp3) is 0.538. The Labute approximate surface area is 86.6 Å². The molecule has 1 aliphatic carbocycles. The Bertz CT molecular complexity index is 284. The van der Waals surface area contributed by atoms with E-state index in [0.717, 1.165) is 19.0 Å². The van der Waals surface area contributed by atoms with Gasteiger partial charge in [0, 0.05) is 0 Å². The largest absolute Gasteiger partial charge is 0.316 e.